The predicted molar refractivity (Wildman–Crippen MR) is 50.9 cm³/mol. The first-order valence-corrected chi connectivity index (χ1v) is 4.33. The zero-order chi connectivity index (χ0) is 10.1. The fraction of sp³-hybridized carbons (Fsp3) is 0.444. The minimum atomic E-state index is -0.289. The van der Waals surface area contributed by atoms with Gasteiger partial charge in [-0.05, 0) is 26.8 Å². The molecular weight excluding hydrogens is 190 g/mol. The SMILES string of the molecule is CC(C)(C)NC(=O)c1occc1Cl. The Hall–Kier alpha value is -0.960. The number of halogens is 1. The van der Waals surface area contributed by atoms with Crippen molar-refractivity contribution in [2.75, 3.05) is 0 Å². The van der Waals surface area contributed by atoms with Crippen LogP contribution in [-0.2, 0) is 0 Å². The van der Waals surface area contributed by atoms with E-state index in [9.17, 15) is 4.79 Å². The lowest BCUT2D eigenvalue weighted by Gasteiger charge is -2.19. The van der Waals surface area contributed by atoms with E-state index >= 15 is 0 Å². The van der Waals surface area contributed by atoms with E-state index in [0.29, 0.717) is 5.02 Å². The van der Waals surface area contributed by atoms with E-state index in [0.717, 1.165) is 0 Å². The van der Waals surface area contributed by atoms with Gasteiger partial charge in [-0.3, -0.25) is 4.79 Å². The molecule has 1 aromatic heterocycles. The number of carbonyl (C=O) groups excluding carboxylic acids is 1. The van der Waals surface area contributed by atoms with Crippen LogP contribution in [-0.4, -0.2) is 11.4 Å². The molecule has 1 rings (SSSR count). The Kier molecular flexibility index (Phi) is 2.66. The van der Waals surface area contributed by atoms with Gasteiger partial charge in [-0.2, -0.15) is 0 Å². The van der Waals surface area contributed by atoms with Gasteiger partial charge in [0.05, 0.1) is 11.3 Å². The first kappa shape index (κ1) is 10.1. The van der Waals surface area contributed by atoms with Crippen molar-refractivity contribution < 1.29 is 9.21 Å². The van der Waals surface area contributed by atoms with Gasteiger partial charge >= 0.3 is 0 Å². The van der Waals surface area contributed by atoms with E-state index in [4.69, 9.17) is 16.0 Å². The number of hydrogen-bond donors (Lipinski definition) is 1. The normalized spacial score (nSPS) is 11.4. The minimum Gasteiger partial charge on any atom is -0.458 e. The molecule has 0 fully saturated rings. The molecule has 72 valence electrons. The highest BCUT2D eigenvalue weighted by atomic mass is 35.5. The van der Waals surface area contributed by atoms with Gasteiger partial charge in [0.2, 0.25) is 5.76 Å². The molecule has 0 saturated heterocycles. The van der Waals surface area contributed by atoms with Crippen LogP contribution in [0.2, 0.25) is 5.02 Å². The van der Waals surface area contributed by atoms with Gasteiger partial charge in [-0.1, -0.05) is 11.6 Å². The van der Waals surface area contributed by atoms with Crippen molar-refractivity contribution in [2.24, 2.45) is 0 Å². The van der Waals surface area contributed by atoms with Crippen LogP contribution >= 0.6 is 11.6 Å². The van der Waals surface area contributed by atoms with Crippen LogP contribution in [0.15, 0.2) is 16.7 Å². The first-order valence-electron chi connectivity index (χ1n) is 3.95. The van der Waals surface area contributed by atoms with Gasteiger partial charge in [0, 0.05) is 5.54 Å². The van der Waals surface area contributed by atoms with Crippen molar-refractivity contribution >= 4 is 17.5 Å². The monoisotopic (exact) mass is 201 g/mol. The summed E-state index contributed by atoms with van der Waals surface area (Å²) < 4.78 is 4.93. The molecule has 0 saturated carbocycles. The third-order valence-electron chi connectivity index (χ3n) is 1.31. The van der Waals surface area contributed by atoms with Crippen LogP contribution in [0, 0.1) is 0 Å². The third kappa shape index (κ3) is 2.77. The van der Waals surface area contributed by atoms with Gasteiger partial charge in [0.1, 0.15) is 0 Å². The standard InChI is InChI=1S/C9H12ClNO2/c1-9(2,3)11-8(12)7-6(10)4-5-13-7/h4-5H,1-3H3,(H,11,12). The Morgan fingerprint density at radius 1 is 1.54 bits per heavy atom. The van der Waals surface area contributed by atoms with E-state index in [2.05, 4.69) is 5.32 Å². The first-order chi connectivity index (χ1) is 5.90. The number of carbonyl (C=O) groups is 1. The lowest BCUT2D eigenvalue weighted by Crippen LogP contribution is -2.40. The molecule has 0 atom stereocenters. The summed E-state index contributed by atoms with van der Waals surface area (Å²) in [7, 11) is 0. The highest BCUT2D eigenvalue weighted by molar-refractivity contribution is 6.33. The van der Waals surface area contributed by atoms with Gasteiger partial charge in [-0.15, -0.1) is 0 Å². The Morgan fingerprint density at radius 2 is 2.15 bits per heavy atom. The molecule has 0 radical (unpaired) electrons. The van der Waals surface area contributed by atoms with Crippen molar-refractivity contribution in [1.29, 1.82) is 0 Å². The Labute approximate surface area is 82.1 Å². The second-order valence-corrected chi connectivity index (χ2v) is 4.21. The average molecular weight is 202 g/mol. The molecule has 0 aliphatic heterocycles. The number of furan rings is 1. The molecule has 0 spiro atoms. The summed E-state index contributed by atoms with van der Waals surface area (Å²) in [6, 6.07) is 1.54. The molecule has 0 aliphatic rings. The van der Waals surface area contributed by atoms with Crippen LogP contribution < -0.4 is 5.32 Å². The van der Waals surface area contributed by atoms with Crippen LogP contribution in [0.25, 0.3) is 0 Å². The average Bonchev–Trinajstić information content (AvgIpc) is 2.30. The fourth-order valence-electron chi connectivity index (χ4n) is 0.853. The van der Waals surface area contributed by atoms with Crippen molar-refractivity contribution in [3.63, 3.8) is 0 Å². The largest absolute Gasteiger partial charge is 0.458 e. The zero-order valence-electron chi connectivity index (χ0n) is 7.85. The molecule has 1 heterocycles. The van der Waals surface area contributed by atoms with Gasteiger partial charge in [0.15, 0.2) is 0 Å². The second-order valence-electron chi connectivity index (χ2n) is 3.80. The smallest absolute Gasteiger partial charge is 0.288 e. The Bertz CT molecular complexity index is 312. The van der Waals surface area contributed by atoms with Crippen LogP contribution in [0.3, 0.4) is 0 Å². The molecule has 13 heavy (non-hydrogen) atoms. The number of hydrogen-bond acceptors (Lipinski definition) is 2. The maximum atomic E-state index is 11.5. The van der Waals surface area contributed by atoms with Crippen molar-refractivity contribution in [2.45, 2.75) is 26.3 Å². The summed E-state index contributed by atoms with van der Waals surface area (Å²) in [4.78, 5) is 11.5. The van der Waals surface area contributed by atoms with E-state index in [1.165, 1.54) is 6.26 Å². The highest BCUT2D eigenvalue weighted by Gasteiger charge is 2.19. The van der Waals surface area contributed by atoms with E-state index in [1.54, 1.807) is 6.07 Å². The van der Waals surface area contributed by atoms with Gasteiger partial charge in [0.25, 0.3) is 5.91 Å². The van der Waals surface area contributed by atoms with E-state index in [1.807, 2.05) is 20.8 Å². The summed E-state index contributed by atoms with van der Waals surface area (Å²) in [5, 5.41) is 3.08. The van der Waals surface area contributed by atoms with Gasteiger partial charge < -0.3 is 9.73 Å². The van der Waals surface area contributed by atoms with Crippen molar-refractivity contribution in [3.8, 4) is 0 Å². The van der Waals surface area contributed by atoms with E-state index in [-0.39, 0.29) is 17.2 Å². The fourth-order valence-corrected chi connectivity index (χ4v) is 1.03. The molecule has 4 heteroatoms. The third-order valence-corrected chi connectivity index (χ3v) is 1.61. The summed E-state index contributed by atoms with van der Waals surface area (Å²) in [6.45, 7) is 5.67. The van der Waals surface area contributed by atoms with Crippen molar-refractivity contribution in [1.82, 2.24) is 5.32 Å². The van der Waals surface area contributed by atoms with Crippen LogP contribution in [0.5, 0.6) is 0 Å². The van der Waals surface area contributed by atoms with Crippen LogP contribution in [0.4, 0.5) is 0 Å². The summed E-state index contributed by atoms with van der Waals surface area (Å²) in [5.41, 5.74) is -0.285. The maximum Gasteiger partial charge on any atom is 0.288 e. The Morgan fingerprint density at radius 3 is 2.54 bits per heavy atom. The minimum absolute atomic E-state index is 0.164. The molecular formula is C9H12ClNO2. The number of amides is 1. The summed E-state index contributed by atoms with van der Waals surface area (Å²) >= 11 is 5.71. The molecule has 1 amide bonds. The topological polar surface area (TPSA) is 42.2 Å². The molecule has 1 N–H and O–H groups in total. The summed E-state index contributed by atoms with van der Waals surface area (Å²) in [6.07, 6.45) is 1.39. The van der Waals surface area contributed by atoms with E-state index < -0.39 is 0 Å². The number of rotatable bonds is 1. The lowest BCUT2D eigenvalue weighted by molar-refractivity contribution is 0.0891. The lowest BCUT2D eigenvalue weighted by atomic mass is 10.1. The summed E-state index contributed by atoms with van der Waals surface area (Å²) in [5.74, 6) is -0.126. The Balaban J connectivity index is 2.76. The quantitative estimate of drug-likeness (QED) is 0.759. The molecule has 0 bridgehead atoms. The predicted octanol–water partition coefficient (Wildman–Crippen LogP) is 2.46. The molecule has 3 nitrogen and oxygen atoms in total. The molecule has 0 aliphatic carbocycles. The zero-order valence-corrected chi connectivity index (χ0v) is 8.61. The maximum absolute atomic E-state index is 11.5. The van der Waals surface area contributed by atoms with Gasteiger partial charge in [-0.25, -0.2) is 0 Å². The van der Waals surface area contributed by atoms with Crippen molar-refractivity contribution in [3.05, 3.63) is 23.1 Å². The molecule has 1 aromatic rings. The molecule has 0 unspecified atom stereocenters. The molecule has 0 aromatic carbocycles. The highest BCUT2D eigenvalue weighted by Crippen LogP contribution is 2.17. The second kappa shape index (κ2) is 3.42. The number of nitrogens with one attached hydrogen (secondary N) is 1. The van der Waals surface area contributed by atoms with Crippen LogP contribution in [0.1, 0.15) is 31.3 Å².